The number of allylic oxidation sites excluding steroid dienone is 2. The molecule has 2 heteroatoms. The fraction of sp³-hybridized carbons (Fsp3) is 0.750. The molecule has 0 unspecified atom stereocenters. The van der Waals surface area contributed by atoms with E-state index in [-0.39, 0.29) is 0 Å². The van der Waals surface area contributed by atoms with Crippen molar-refractivity contribution in [1.82, 2.24) is 5.32 Å². The summed E-state index contributed by atoms with van der Waals surface area (Å²) in [6, 6.07) is 0. The van der Waals surface area contributed by atoms with E-state index in [1.807, 2.05) is 11.8 Å². The van der Waals surface area contributed by atoms with Crippen LogP contribution in [-0.4, -0.2) is 12.3 Å². The third kappa shape index (κ3) is 1.69. The lowest BCUT2D eigenvalue weighted by Crippen LogP contribution is -2.24. The summed E-state index contributed by atoms with van der Waals surface area (Å²) >= 11 is 1.97. The summed E-state index contributed by atoms with van der Waals surface area (Å²) in [5.41, 5.74) is 1.44. The molecule has 0 aromatic carbocycles. The standard InChI is InChI=1S/C8H15NS/c1-6(2)8-7(3)10-5-4-9-8/h6,9H,4-5H2,1-3H3. The molecule has 0 aromatic heterocycles. The Morgan fingerprint density at radius 3 is 2.60 bits per heavy atom. The van der Waals surface area contributed by atoms with Crippen LogP contribution in [-0.2, 0) is 0 Å². The van der Waals surface area contributed by atoms with Gasteiger partial charge in [-0.15, -0.1) is 11.8 Å². The Kier molecular flexibility index (Phi) is 2.66. The first-order valence-corrected chi connectivity index (χ1v) is 4.78. The van der Waals surface area contributed by atoms with Crippen LogP contribution in [0.1, 0.15) is 20.8 Å². The molecule has 0 saturated heterocycles. The molecule has 1 heterocycles. The highest BCUT2D eigenvalue weighted by Crippen LogP contribution is 2.25. The second-order valence-corrected chi connectivity index (χ2v) is 4.21. The minimum absolute atomic E-state index is 0.660. The second kappa shape index (κ2) is 3.33. The molecule has 0 spiro atoms. The van der Waals surface area contributed by atoms with Crippen LogP contribution in [0, 0.1) is 5.92 Å². The SMILES string of the molecule is CC1=C(C(C)C)NCCS1. The molecule has 1 aliphatic heterocycles. The molecule has 0 fully saturated rings. The first-order valence-electron chi connectivity index (χ1n) is 3.79. The average molecular weight is 157 g/mol. The van der Waals surface area contributed by atoms with Gasteiger partial charge in [-0.1, -0.05) is 13.8 Å². The Labute approximate surface area is 67.3 Å². The van der Waals surface area contributed by atoms with E-state index in [4.69, 9.17) is 0 Å². The average Bonchev–Trinajstić information content (AvgIpc) is 1.88. The Morgan fingerprint density at radius 2 is 2.20 bits per heavy atom. The number of hydrogen-bond acceptors (Lipinski definition) is 2. The van der Waals surface area contributed by atoms with E-state index < -0.39 is 0 Å². The smallest absolute Gasteiger partial charge is 0.0238 e. The van der Waals surface area contributed by atoms with Gasteiger partial charge in [0.15, 0.2) is 0 Å². The number of hydrogen-bond donors (Lipinski definition) is 1. The molecular weight excluding hydrogens is 142 g/mol. The summed E-state index contributed by atoms with van der Waals surface area (Å²) < 4.78 is 0. The van der Waals surface area contributed by atoms with Gasteiger partial charge in [0, 0.05) is 22.9 Å². The first-order chi connectivity index (χ1) is 4.72. The van der Waals surface area contributed by atoms with E-state index in [0.717, 1.165) is 6.54 Å². The maximum Gasteiger partial charge on any atom is 0.0238 e. The van der Waals surface area contributed by atoms with Crippen LogP contribution in [0.2, 0.25) is 0 Å². The van der Waals surface area contributed by atoms with E-state index in [1.165, 1.54) is 16.4 Å². The van der Waals surface area contributed by atoms with E-state index >= 15 is 0 Å². The highest BCUT2D eigenvalue weighted by molar-refractivity contribution is 8.03. The quantitative estimate of drug-likeness (QED) is 0.626. The molecule has 0 atom stereocenters. The fourth-order valence-corrected chi connectivity index (χ4v) is 2.18. The van der Waals surface area contributed by atoms with Crippen LogP contribution in [0.25, 0.3) is 0 Å². The van der Waals surface area contributed by atoms with E-state index in [2.05, 4.69) is 26.1 Å². The van der Waals surface area contributed by atoms with Crippen molar-refractivity contribution in [3.05, 3.63) is 10.6 Å². The zero-order valence-corrected chi connectivity index (χ0v) is 7.72. The third-order valence-corrected chi connectivity index (χ3v) is 2.75. The largest absolute Gasteiger partial charge is 0.387 e. The minimum Gasteiger partial charge on any atom is -0.387 e. The van der Waals surface area contributed by atoms with Gasteiger partial charge in [0.25, 0.3) is 0 Å². The summed E-state index contributed by atoms with van der Waals surface area (Å²) in [5.74, 6) is 1.88. The van der Waals surface area contributed by atoms with Crippen LogP contribution in [0.5, 0.6) is 0 Å². The van der Waals surface area contributed by atoms with Crippen LogP contribution in [0.3, 0.4) is 0 Å². The van der Waals surface area contributed by atoms with Crippen molar-refractivity contribution >= 4 is 11.8 Å². The predicted molar refractivity (Wildman–Crippen MR) is 48.0 cm³/mol. The van der Waals surface area contributed by atoms with Gasteiger partial charge in [-0.05, 0) is 12.8 Å². The molecule has 58 valence electrons. The molecule has 0 radical (unpaired) electrons. The highest BCUT2D eigenvalue weighted by atomic mass is 32.2. The van der Waals surface area contributed by atoms with Crippen LogP contribution in [0.15, 0.2) is 10.6 Å². The maximum absolute atomic E-state index is 3.43. The first kappa shape index (κ1) is 7.99. The molecule has 1 nitrogen and oxygen atoms in total. The second-order valence-electron chi connectivity index (χ2n) is 2.90. The number of nitrogens with one attached hydrogen (secondary N) is 1. The summed E-state index contributed by atoms with van der Waals surface area (Å²) in [5, 5.41) is 3.43. The van der Waals surface area contributed by atoms with Crippen molar-refractivity contribution in [2.75, 3.05) is 12.3 Å². The topological polar surface area (TPSA) is 12.0 Å². The van der Waals surface area contributed by atoms with Crippen molar-refractivity contribution in [2.24, 2.45) is 5.92 Å². The van der Waals surface area contributed by atoms with Gasteiger partial charge in [0.05, 0.1) is 0 Å². The molecule has 0 amide bonds. The summed E-state index contributed by atoms with van der Waals surface area (Å²) in [7, 11) is 0. The van der Waals surface area contributed by atoms with Gasteiger partial charge in [-0.25, -0.2) is 0 Å². The molecule has 0 saturated carbocycles. The van der Waals surface area contributed by atoms with Crippen LogP contribution >= 0.6 is 11.8 Å². The number of thioether (sulfide) groups is 1. The van der Waals surface area contributed by atoms with E-state index in [0.29, 0.717) is 5.92 Å². The van der Waals surface area contributed by atoms with Crippen molar-refractivity contribution in [3.63, 3.8) is 0 Å². The van der Waals surface area contributed by atoms with Gasteiger partial charge < -0.3 is 5.32 Å². The van der Waals surface area contributed by atoms with E-state index in [9.17, 15) is 0 Å². The minimum atomic E-state index is 0.660. The molecule has 1 rings (SSSR count). The lowest BCUT2D eigenvalue weighted by molar-refractivity contribution is 0.660. The molecule has 10 heavy (non-hydrogen) atoms. The molecule has 1 N–H and O–H groups in total. The van der Waals surface area contributed by atoms with Crippen molar-refractivity contribution in [2.45, 2.75) is 20.8 Å². The van der Waals surface area contributed by atoms with Crippen molar-refractivity contribution in [3.8, 4) is 0 Å². The van der Waals surface area contributed by atoms with Crippen LogP contribution in [0.4, 0.5) is 0 Å². The lowest BCUT2D eigenvalue weighted by atomic mass is 10.1. The summed E-state index contributed by atoms with van der Waals surface area (Å²) in [6.45, 7) is 7.80. The zero-order chi connectivity index (χ0) is 7.56. The Balaban J connectivity index is 2.68. The zero-order valence-electron chi connectivity index (χ0n) is 6.90. The third-order valence-electron chi connectivity index (χ3n) is 1.69. The van der Waals surface area contributed by atoms with Gasteiger partial charge in [0.1, 0.15) is 0 Å². The molecule has 0 bridgehead atoms. The molecule has 1 aliphatic rings. The summed E-state index contributed by atoms with van der Waals surface area (Å²) in [4.78, 5) is 1.47. The molecular formula is C8H15NS. The summed E-state index contributed by atoms with van der Waals surface area (Å²) in [6.07, 6.45) is 0. The normalized spacial score (nSPS) is 19.6. The predicted octanol–water partition coefficient (Wildman–Crippen LogP) is 2.21. The van der Waals surface area contributed by atoms with Crippen molar-refractivity contribution in [1.29, 1.82) is 0 Å². The number of rotatable bonds is 1. The lowest BCUT2D eigenvalue weighted by Gasteiger charge is -2.22. The Bertz CT molecular complexity index is 149. The maximum atomic E-state index is 3.43. The van der Waals surface area contributed by atoms with Gasteiger partial charge in [0.2, 0.25) is 0 Å². The molecule has 0 aliphatic carbocycles. The fourth-order valence-electron chi connectivity index (χ4n) is 1.20. The highest BCUT2D eigenvalue weighted by Gasteiger charge is 2.10. The Morgan fingerprint density at radius 1 is 1.50 bits per heavy atom. The Hall–Kier alpha value is -0.110. The van der Waals surface area contributed by atoms with Gasteiger partial charge >= 0.3 is 0 Å². The molecule has 0 aromatic rings. The van der Waals surface area contributed by atoms with Crippen LogP contribution < -0.4 is 5.32 Å². The van der Waals surface area contributed by atoms with Gasteiger partial charge in [-0.2, -0.15) is 0 Å². The van der Waals surface area contributed by atoms with E-state index in [1.54, 1.807) is 0 Å². The monoisotopic (exact) mass is 157 g/mol. The van der Waals surface area contributed by atoms with Crippen molar-refractivity contribution < 1.29 is 0 Å². The van der Waals surface area contributed by atoms with Gasteiger partial charge in [-0.3, -0.25) is 0 Å².